The van der Waals surface area contributed by atoms with Crippen molar-refractivity contribution >= 4 is 11.6 Å². The number of para-hydroxylation sites is 1. The molecule has 2 heterocycles. The monoisotopic (exact) mass is 466 g/mol. The van der Waals surface area contributed by atoms with Gasteiger partial charge in [-0.05, 0) is 24.3 Å². The number of oxazole rings is 1. The standard InChI is InChI=1S/C25H27FN4O4/c26-17-5-4-8-19(13-17)34-22-14-20(28-25(32)21-15-33-16-27-21)23(24(22)31)30-11-9-29(10-12-30)18-6-2-1-3-7-18/h1-8,13,15-16,20,22-24,31H,9-12,14H2,(H,28,32)/t20-,22-,23+,24+/m1/s1. The summed E-state index contributed by atoms with van der Waals surface area (Å²) in [6, 6.07) is 15.3. The molecule has 1 saturated carbocycles. The lowest BCUT2D eigenvalue weighted by Gasteiger charge is -2.42. The molecule has 34 heavy (non-hydrogen) atoms. The van der Waals surface area contributed by atoms with Crippen LogP contribution < -0.4 is 15.0 Å². The maximum absolute atomic E-state index is 13.7. The Balaban J connectivity index is 1.32. The van der Waals surface area contributed by atoms with Gasteiger partial charge in [-0.1, -0.05) is 24.3 Å². The number of hydrogen-bond donors (Lipinski definition) is 2. The summed E-state index contributed by atoms with van der Waals surface area (Å²) >= 11 is 0. The number of nitrogens with one attached hydrogen (secondary N) is 1. The molecule has 2 aromatic carbocycles. The fourth-order valence-electron chi connectivity index (χ4n) is 4.92. The van der Waals surface area contributed by atoms with Gasteiger partial charge in [-0.3, -0.25) is 9.69 Å². The summed E-state index contributed by atoms with van der Waals surface area (Å²) in [6.45, 7) is 3.04. The molecule has 2 aliphatic rings. The molecule has 0 bridgehead atoms. The number of piperazine rings is 1. The van der Waals surface area contributed by atoms with Crippen LogP contribution in [0, 0.1) is 5.82 Å². The smallest absolute Gasteiger partial charge is 0.273 e. The molecule has 9 heteroatoms. The summed E-state index contributed by atoms with van der Waals surface area (Å²) in [5, 5.41) is 14.3. The van der Waals surface area contributed by atoms with Crippen LogP contribution in [0.25, 0.3) is 0 Å². The molecule has 2 fully saturated rings. The van der Waals surface area contributed by atoms with Gasteiger partial charge in [0.25, 0.3) is 5.91 Å². The minimum Gasteiger partial charge on any atom is -0.487 e. The Morgan fingerprint density at radius 3 is 2.62 bits per heavy atom. The SMILES string of the molecule is O=C(N[C@@H]1C[C@@H](Oc2cccc(F)c2)[C@H](O)[C@H]1N1CCN(c2ccccc2)CC1)c1cocn1. The molecule has 1 aliphatic carbocycles. The third kappa shape index (κ3) is 4.76. The Labute approximate surface area is 197 Å². The van der Waals surface area contributed by atoms with E-state index in [4.69, 9.17) is 9.15 Å². The summed E-state index contributed by atoms with van der Waals surface area (Å²) in [6.07, 6.45) is 1.41. The molecule has 0 radical (unpaired) electrons. The van der Waals surface area contributed by atoms with Crippen molar-refractivity contribution in [3.63, 3.8) is 0 Å². The van der Waals surface area contributed by atoms with Gasteiger partial charge in [0.2, 0.25) is 0 Å². The van der Waals surface area contributed by atoms with Gasteiger partial charge in [-0.25, -0.2) is 9.37 Å². The van der Waals surface area contributed by atoms with Crippen LogP contribution in [-0.2, 0) is 0 Å². The molecule has 3 aromatic rings. The molecule has 8 nitrogen and oxygen atoms in total. The second kappa shape index (κ2) is 9.82. The number of rotatable bonds is 6. The number of carbonyl (C=O) groups excluding carboxylic acids is 1. The Bertz CT molecular complexity index is 1090. The molecular formula is C25H27FN4O4. The van der Waals surface area contributed by atoms with Crippen LogP contribution in [0.3, 0.4) is 0 Å². The van der Waals surface area contributed by atoms with Crippen LogP contribution in [0.15, 0.2) is 71.7 Å². The van der Waals surface area contributed by atoms with Crippen molar-refractivity contribution in [3.8, 4) is 5.75 Å². The van der Waals surface area contributed by atoms with E-state index in [1.807, 2.05) is 18.2 Å². The number of hydrogen-bond acceptors (Lipinski definition) is 7. The number of aromatic nitrogens is 1. The first-order valence-electron chi connectivity index (χ1n) is 11.4. The lowest BCUT2D eigenvalue weighted by atomic mass is 10.1. The highest BCUT2D eigenvalue weighted by atomic mass is 19.1. The van der Waals surface area contributed by atoms with Gasteiger partial charge >= 0.3 is 0 Å². The average Bonchev–Trinajstić information content (AvgIpc) is 3.49. The second-order valence-corrected chi connectivity index (χ2v) is 8.64. The topological polar surface area (TPSA) is 91.1 Å². The number of aliphatic hydroxyl groups is 1. The van der Waals surface area contributed by atoms with Crippen LogP contribution in [0.5, 0.6) is 5.75 Å². The predicted octanol–water partition coefficient (Wildman–Crippen LogP) is 2.32. The van der Waals surface area contributed by atoms with Crippen LogP contribution >= 0.6 is 0 Å². The summed E-state index contributed by atoms with van der Waals surface area (Å²) in [5.74, 6) is -0.431. The van der Waals surface area contributed by atoms with E-state index in [0.29, 0.717) is 12.2 Å². The van der Waals surface area contributed by atoms with Crippen molar-refractivity contribution in [1.82, 2.24) is 15.2 Å². The van der Waals surface area contributed by atoms with Gasteiger partial charge in [-0.15, -0.1) is 0 Å². The van der Waals surface area contributed by atoms with Crippen molar-refractivity contribution in [2.75, 3.05) is 31.1 Å². The number of amides is 1. The highest BCUT2D eigenvalue weighted by Gasteiger charge is 2.48. The van der Waals surface area contributed by atoms with Crippen LogP contribution in [0.1, 0.15) is 16.9 Å². The largest absolute Gasteiger partial charge is 0.487 e. The summed E-state index contributed by atoms with van der Waals surface area (Å²) in [5.41, 5.74) is 1.34. The minimum atomic E-state index is -0.867. The van der Waals surface area contributed by atoms with Gasteiger partial charge in [0, 0.05) is 44.4 Å². The predicted molar refractivity (Wildman–Crippen MR) is 123 cm³/mol. The zero-order valence-corrected chi connectivity index (χ0v) is 18.6. The first-order chi connectivity index (χ1) is 16.6. The number of carbonyl (C=O) groups is 1. The van der Waals surface area contributed by atoms with E-state index in [9.17, 15) is 14.3 Å². The Hall–Kier alpha value is -3.43. The van der Waals surface area contributed by atoms with Crippen LogP contribution in [0.4, 0.5) is 10.1 Å². The lowest BCUT2D eigenvalue weighted by molar-refractivity contribution is 0.00528. The summed E-state index contributed by atoms with van der Waals surface area (Å²) in [7, 11) is 0. The van der Waals surface area contributed by atoms with E-state index < -0.39 is 18.0 Å². The molecule has 1 saturated heterocycles. The van der Waals surface area contributed by atoms with Gasteiger partial charge in [0.05, 0.1) is 12.1 Å². The first-order valence-corrected chi connectivity index (χ1v) is 11.4. The molecule has 4 atom stereocenters. The van der Waals surface area contributed by atoms with E-state index in [1.165, 1.54) is 24.8 Å². The molecule has 5 rings (SSSR count). The van der Waals surface area contributed by atoms with E-state index in [1.54, 1.807) is 12.1 Å². The van der Waals surface area contributed by atoms with Crippen molar-refractivity contribution < 1.29 is 23.4 Å². The fourth-order valence-corrected chi connectivity index (χ4v) is 4.92. The average molecular weight is 467 g/mol. The molecule has 178 valence electrons. The number of benzene rings is 2. The third-order valence-electron chi connectivity index (χ3n) is 6.55. The molecule has 2 N–H and O–H groups in total. The number of aliphatic hydroxyl groups excluding tert-OH is 1. The molecule has 0 spiro atoms. The van der Waals surface area contributed by atoms with Gasteiger partial charge in [0.15, 0.2) is 12.1 Å². The Kier molecular flexibility index (Phi) is 6.46. The number of ether oxygens (including phenoxy) is 1. The van der Waals surface area contributed by atoms with Crippen molar-refractivity contribution in [2.24, 2.45) is 0 Å². The first kappa shape index (κ1) is 22.4. The number of halogens is 1. The zero-order chi connectivity index (χ0) is 23.5. The minimum absolute atomic E-state index is 0.177. The zero-order valence-electron chi connectivity index (χ0n) is 18.6. The second-order valence-electron chi connectivity index (χ2n) is 8.64. The van der Waals surface area contributed by atoms with E-state index in [-0.39, 0.29) is 23.7 Å². The van der Waals surface area contributed by atoms with E-state index in [2.05, 4.69) is 32.2 Å². The lowest BCUT2D eigenvalue weighted by Crippen LogP contribution is -2.59. The highest BCUT2D eigenvalue weighted by molar-refractivity contribution is 5.92. The molecule has 1 aliphatic heterocycles. The summed E-state index contributed by atoms with van der Waals surface area (Å²) < 4.78 is 24.6. The van der Waals surface area contributed by atoms with Gasteiger partial charge < -0.3 is 24.5 Å². The highest BCUT2D eigenvalue weighted by Crippen LogP contribution is 2.31. The fraction of sp³-hybridized carbons (Fsp3) is 0.360. The van der Waals surface area contributed by atoms with Crippen LogP contribution in [-0.4, -0.2) is 71.4 Å². The molecule has 1 amide bonds. The van der Waals surface area contributed by atoms with Gasteiger partial charge in [-0.2, -0.15) is 0 Å². The molecular weight excluding hydrogens is 439 g/mol. The number of nitrogens with zero attached hydrogens (tertiary/aromatic N) is 3. The molecule has 0 unspecified atom stereocenters. The van der Waals surface area contributed by atoms with E-state index >= 15 is 0 Å². The Morgan fingerprint density at radius 1 is 1.12 bits per heavy atom. The van der Waals surface area contributed by atoms with Crippen LogP contribution in [0.2, 0.25) is 0 Å². The normalized spacial score (nSPS) is 25.3. The third-order valence-corrected chi connectivity index (χ3v) is 6.55. The van der Waals surface area contributed by atoms with Crippen molar-refractivity contribution in [3.05, 3.63) is 78.8 Å². The summed E-state index contributed by atoms with van der Waals surface area (Å²) in [4.78, 5) is 21.1. The Morgan fingerprint density at radius 2 is 1.91 bits per heavy atom. The number of anilines is 1. The maximum Gasteiger partial charge on any atom is 0.273 e. The van der Waals surface area contributed by atoms with Gasteiger partial charge in [0.1, 0.15) is 30.0 Å². The van der Waals surface area contributed by atoms with Crippen molar-refractivity contribution in [1.29, 1.82) is 0 Å². The maximum atomic E-state index is 13.7. The van der Waals surface area contributed by atoms with E-state index in [0.717, 1.165) is 31.9 Å². The molecule has 1 aromatic heterocycles. The van der Waals surface area contributed by atoms with Crippen molar-refractivity contribution in [2.45, 2.75) is 30.7 Å². The quantitative estimate of drug-likeness (QED) is 0.576.